The van der Waals surface area contributed by atoms with Crippen molar-refractivity contribution in [2.24, 2.45) is 5.10 Å². The molecule has 9 nitrogen and oxygen atoms in total. The number of aromatic nitrogens is 2. The van der Waals surface area contributed by atoms with Gasteiger partial charge in [-0.3, -0.25) is 19.9 Å². The Labute approximate surface area is 141 Å². The molecule has 3 rings (SSSR count). The minimum absolute atomic E-state index is 0.0148. The zero-order chi connectivity index (χ0) is 17.8. The highest BCUT2D eigenvalue weighted by atomic mass is 16.6. The van der Waals surface area contributed by atoms with Gasteiger partial charge in [0.05, 0.1) is 11.1 Å². The van der Waals surface area contributed by atoms with Crippen LogP contribution >= 0.6 is 0 Å². The number of aryl methyl sites for hydroxylation is 1. The first-order valence-corrected chi connectivity index (χ1v) is 7.23. The van der Waals surface area contributed by atoms with Gasteiger partial charge in [-0.15, -0.1) is 0 Å². The number of hydrogen-bond acceptors (Lipinski definition) is 7. The molecule has 2 aromatic heterocycles. The number of nitrogens with one attached hydrogen (secondary N) is 2. The molecule has 25 heavy (non-hydrogen) atoms. The zero-order valence-electron chi connectivity index (χ0n) is 13.1. The van der Waals surface area contributed by atoms with Crippen LogP contribution in [0, 0.1) is 17.0 Å². The van der Waals surface area contributed by atoms with Crippen LogP contribution in [0.4, 0.5) is 11.6 Å². The van der Waals surface area contributed by atoms with E-state index in [1.54, 1.807) is 31.2 Å². The maximum Gasteiger partial charge on any atom is 0.269 e. The van der Waals surface area contributed by atoms with Gasteiger partial charge < -0.3 is 4.42 Å². The number of nitrogens with zero attached hydrogens (tertiary/aromatic N) is 3. The number of hydrazone groups is 1. The van der Waals surface area contributed by atoms with E-state index >= 15 is 0 Å². The Morgan fingerprint density at radius 3 is 2.72 bits per heavy atom. The number of non-ortho nitro benzene ring substituents is 1. The van der Waals surface area contributed by atoms with Crippen LogP contribution in [-0.2, 0) is 0 Å². The van der Waals surface area contributed by atoms with E-state index in [2.05, 4.69) is 20.5 Å². The summed E-state index contributed by atoms with van der Waals surface area (Å²) in [5.74, 6) is 1.25. The highest BCUT2D eigenvalue weighted by Gasteiger charge is 2.07. The third-order valence-corrected chi connectivity index (χ3v) is 3.22. The van der Waals surface area contributed by atoms with E-state index in [-0.39, 0.29) is 17.2 Å². The van der Waals surface area contributed by atoms with Crippen molar-refractivity contribution < 1.29 is 9.34 Å². The molecule has 2 N–H and O–H groups in total. The monoisotopic (exact) mass is 339 g/mol. The summed E-state index contributed by atoms with van der Waals surface area (Å²) in [7, 11) is 0. The second-order valence-electron chi connectivity index (χ2n) is 5.11. The SMILES string of the molecule is Cc1cc(=O)[nH]c(NN=Cc2ccc(-c3ccc([N+](=O)[O-])cc3)o2)n1. The normalized spacial score (nSPS) is 10.9. The minimum Gasteiger partial charge on any atom is -0.455 e. The highest BCUT2D eigenvalue weighted by molar-refractivity contribution is 5.78. The summed E-state index contributed by atoms with van der Waals surface area (Å²) in [4.78, 5) is 28.1. The molecule has 0 saturated heterocycles. The summed E-state index contributed by atoms with van der Waals surface area (Å²) in [6, 6.07) is 10.8. The number of aromatic amines is 1. The minimum atomic E-state index is -0.459. The average Bonchev–Trinajstić information content (AvgIpc) is 3.03. The molecule has 2 heterocycles. The van der Waals surface area contributed by atoms with Crippen LogP contribution in [0.3, 0.4) is 0 Å². The number of nitro benzene ring substituents is 1. The van der Waals surface area contributed by atoms with Gasteiger partial charge >= 0.3 is 0 Å². The van der Waals surface area contributed by atoms with Crippen LogP contribution in [0.1, 0.15) is 11.5 Å². The van der Waals surface area contributed by atoms with Gasteiger partial charge in [-0.1, -0.05) is 0 Å². The largest absolute Gasteiger partial charge is 0.455 e. The summed E-state index contributed by atoms with van der Waals surface area (Å²) in [6.45, 7) is 1.70. The van der Waals surface area contributed by atoms with Crippen LogP contribution in [0.2, 0.25) is 0 Å². The van der Waals surface area contributed by atoms with Crippen LogP contribution < -0.4 is 11.0 Å². The second kappa shape index (κ2) is 6.79. The number of furan rings is 1. The molecule has 126 valence electrons. The van der Waals surface area contributed by atoms with Crippen molar-refractivity contribution in [2.75, 3.05) is 5.43 Å². The predicted molar refractivity (Wildman–Crippen MR) is 91.6 cm³/mol. The average molecular weight is 339 g/mol. The van der Waals surface area contributed by atoms with Crippen molar-refractivity contribution in [3.63, 3.8) is 0 Å². The number of H-pyrrole nitrogens is 1. The van der Waals surface area contributed by atoms with Crippen molar-refractivity contribution in [3.8, 4) is 11.3 Å². The number of rotatable bonds is 5. The molecule has 0 spiro atoms. The third kappa shape index (κ3) is 3.96. The Hall–Kier alpha value is -3.75. The van der Waals surface area contributed by atoms with Gasteiger partial charge in [0, 0.05) is 29.5 Å². The molecule has 0 atom stereocenters. The van der Waals surface area contributed by atoms with Gasteiger partial charge in [0.15, 0.2) is 0 Å². The van der Waals surface area contributed by atoms with Gasteiger partial charge in [-0.25, -0.2) is 10.4 Å². The summed E-state index contributed by atoms with van der Waals surface area (Å²) >= 11 is 0. The lowest BCUT2D eigenvalue weighted by atomic mass is 10.1. The Morgan fingerprint density at radius 1 is 1.28 bits per heavy atom. The molecule has 0 radical (unpaired) electrons. The number of anilines is 1. The molecule has 0 bridgehead atoms. The summed E-state index contributed by atoms with van der Waals surface area (Å²) in [6.07, 6.45) is 1.43. The van der Waals surface area contributed by atoms with E-state index < -0.39 is 4.92 Å². The fourth-order valence-electron chi connectivity index (χ4n) is 2.11. The van der Waals surface area contributed by atoms with Crippen molar-refractivity contribution in [3.05, 3.63) is 74.4 Å². The maximum atomic E-state index is 11.3. The maximum absolute atomic E-state index is 11.3. The topological polar surface area (TPSA) is 126 Å². The molecule has 0 amide bonds. The van der Waals surface area contributed by atoms with Gasteiger partial charge in [0.1, 0.15) is 11.5 Å². The zero-order valence-corrected chi connectivity index (χ0v) is 13.1. The van der Waals surface area contributed by atoms with Crippen molar-refractivity contribution in [1.29, 1.82) is 0 Å². The van der Waals surface area contributed by atoms with E-state index in [1.165, 1.54) is 24.4 Å². The molecule has 0 aliphatic heterocycles. The van der Waals surface area contributed by atoms with Crippen molar-refractivity contribution in [2.45, 2.75) is 6.92 Å². The Bertz CT molecular complexity index is 988. The standard InChI is InChI=1S/C16H13N5O4/c1-10-8-15(22)19-16(18-10)20-17-9-13-6-7-14(25-13)11-2-4-12(5-3-11)21(23)24/h2-9H,1H3,(H2,18,19,20,22). The summed E-state index contributed by atoms with van der Waals surface area (Å²) < 4.78 is 5.60. The van der Waals surface area contributed by atoms with E-state index in [0.717, 1.165) is 0 Å². The molecule has 0 aliphatic carbocycles. The third-order valence-electron chi connectivity index (χ3n) is 3.22. The summed E-state index contributed by atoms with van der Waals surface area (Å²) in [5, 5.41) is 14.6. The quantitative estimate of drug-likeness (QED) is 0.418. The van der Waals surface area contributed by atoms with Crippen molar-refractivity contribution in [1.82, 2.24) is 9.97 Å². The van der Waals surface area contributed by atoms with Gasteiger partial charge in [0.25, 0.3) is 11.2 Å². The fourth-order valence-corrected chi connectivity index (χ4v) is 2.11. The first kappa shape index (κ1) is 16.1. The molecule has 1 aromatic carbocycles. The lowest BCUT2D eigenvalue weighted by Crippen LogP contribution is -2.10. The van der Waals surface area contributed by atoms with Crippen molar-refractivity contribution >= 4 is 17.9 Å². The first-order chi connectivity index (χ1) is 12.0. The predicted octanol–water partition coefficient (Wildman–Crippen LogP) is 2.69. The van der Waals surface area contributed by atoms with Crippen LogP contribution in [0.5, 0.6) is 0 Å². The molecule has 3 aromatic rings. The lowest BCUT2D eigenvalue weighted by Gasteiger charge is -1.99. The highest BCUT2D eigenvalue weighted by Crippen LogP contribution is 2.23. The lowest BCUT2D eigenvalue weighted by molar-refractivity contribution is -0.384. The van der Waals surface area contributed by atoms with Gasteiger partial charge in [-0.2, -0.15) is 5.10 Å². The van der Waals surface area contributed by atoms with E-state index in [4.69, 9.17) is 4.42 Å². The molecular formula is C16H13N5O4. The number of benzene rings is 1. The van der Waals surface area contributed by atoms with Crippen LogP contribution in [0.15, 0.2) is 56.8 Å². The first-order valence-electron chi connectivity index (χ1n) is 7.23. The summed E-state index contributed by atoms with van der Waals surface area (Å²) in [5.41, 5.74) is 3.63. The fraction of sp³-hybridized carbons (Fsp3) is 0.0625. The Morgan fingerprint density at radius 2 is 2.04 bits per heavy atom. The van der Waals surface area contributed by atoms with E-state index in [0.29, 0.717) is 22.8 Å². The second-order valence-corrected chi connectivity index (χ2v) is 5.11. The van der Waals surface area contributed by atoms with Crippen LogP contribution in [0.25, 0.3) is 11.3 Å². The van der Waals surface area contributed by atoms with E-state index in [9.17, 15) is 14.9 Å². The molecule has 0 unspecified atom stereocenters. The van der Waals surface area contributed by atoms with Crippen LogP contribution in [-0.4, -0.2) is 21.1 Å². The van der Waals surface area contributed by atoms with E-state index in [1.807, 2.05) is 0 Å². The molecular weight excluding hydrogens is 326 g/mol. The Kier molecular flexibility index (Phi) is 4.38. The number of hydrogen-bond donors (Lipinski definition) is 2. The smallest absolute Gasteiger partial charge is 0.269 e. The molecule has 0 saturated carbocycles. The molecule has 0 aliphatic rings. The Balaban J connectivity index is 1.70. The van der Waals surface area contributed by atoms with Gasteiger partial charge in [-0.05, 0) is 31.2 Å². The molecule has 9 heteroatoms. The molecule has 0 fully saturated rings. The number of nitro groups is 1. The van der Waals surface area contributed by atoms with Gasteiger partial charge in [0.2, 0.25) is 5.95 Å².